The summed E-state index contributed by atoms with van der Waals surface area (Å²) in [5, 5.41) is 11.7. The number of hydrogen-bond acceptors (Lipinski definition) is 2. The lowest BCUT2D eigenvalue weighted by atomic mass is 9.49. The van der Waals surface area contributed by atoms with Gasteiger partial charge in [-0.05, 0) is 74.5 Å². The number of benzene rings is 1. The van der Waals surface area contributed by atoms with Crippen LogP contribution in [-0.2, 0) is 4.79 Å². The molecule has 5 heteroatoms. The number of nitrogens with one attached hydrogen (secondary N) is 1. The van der Waals surface area contributed by atoms with Crippen LogP contribution in [0.4, 0.5) is 10.1 Å². The minimum atomic E-state index is -1.13. The third-order valence-electron chi connectivity index (χ3n) is 5.98. The summed E-state index contributed by atoms with van der Waals surface area (Å²) >= 11 is 0. The fourth-order valence-electron chi connectivity index (χ4n) is 5.40. The predicted octanol–water partition coefficient (Wildman–Crippen LogP) is 3.68. The Morgan fingerprint density at radius 2 is 1.65 bits per heavy atom. The Balaban J connectivity index is 1.59. The van der Waals surface area contributed by atoms with Crippen molar-refractivity contribution in [2.75, 3.05) is 5.32 Å². The van der Waals surface area contributed by atoms with Crippen molar-refractivity contribution in [1.29, 1.82) is 0 Å². The lowest BCUT2D eigenvalue weighted by Crippen LogP contribution is -2.51. The fraction of sp³-hybridized carbons (Fsp3) is 0.556. The van der Waals surface area contributed by atoms with Crippen molar-refractivity contribution in [3.05, 3.63) is 29.6 Å². The van der Waals surface area contributed by atoms with Gasteiger partial charge in [0.2, 0.25) is 5.91 Å². The number of rotatable bonds is 3. The molecular formula is C18H20FNO3. The van der Waals surface area contributed by atoms with Crippen LogP contribution in [0.1, 0.15) is 48.9 Å². The molecule has 0 radical (unpaired) electrons. The van der Waals surface area contributed by atoms with Crippen molar-refractivity contribution in [2.24, 2.45) is 23.2 Å². The number of hydrogen-bond donors (Lipinski definition) is 2. The monoisotopic (exact) mass is 317 g/mol. The van der Waals surface area contributed by atoms with E-state index in [2.05, 4.69) is 5.32 Å². The first-order valence-corrected chi connectivity index (χ1v) is 8.29. The molecule has 0 unspecified atom stereocenters. The lowest BCUT2D eigenvalue weighted by Gasteiger charge is -2.55. The second-order valence-electron chi connectivity index (χ2n) is 7.65. The predicted molar refractivity (Wildman–Crippen MR) is 82.6 cm³/mol. The van der Waals surface area contributed by atoms with E-state index >= 15 is 0 Å². The molecule has 1 amide bonds. The van der Waals surface area contributed by atoms with E-state index in [1.807, 2.05) is 0 Å². The number of halogens is 1. The Morgan fingerprint density at radius 3 is 2.17 bits per heavy atom. The number of carbonyl (C=O) groups is 2. The Bertz CT molecular complexity index is 650. The molecule has 23 heavy (non-hydrogen) atoms. The highest BCUT2D eigenvalue weighted by Crippen LogP contribution is 2.60. The molecule has 0 saturated heterocycles. The molecule has 4 nitrogen and oxygen atoms in total. The minimum absolute atomic E-state index is 0.0211. The fourth-order valence-corrected chi connectivity index (χ4v) is 5.40. The molecule has 1 aromatic rings. The normalized spacial score (nSPS) is 34.4. The van der Waals surface area contributed by atoms with E-state index in [0.29, 0.717) is 17.8 Å². The van der Waals surface area contributed by atoms with Crippen LogP contribution in [0.2, 0.25) is 0 Å². The molecule has 4 aliphatic carbocycles. The van der Waals surface area contributed by atoms with Gasteiger partial charge in [0, 0.05) is 0 Å². The second-order valence-corrected chi connectivity index (χ2v) is 7.65. The van der Waals surface area contributed by atoms with Gasteiger partial charge < -0.3 is 10.4 Å². The maximum absolute atomic E-state index is 14.0. The highest BCUT2D eigenvalue weighted by Gasteiger charge is 2.54. The van der Waals surface area contributed by atoms with Crippen LogP contribution in [-0.4, -0.2) is 17.0 Å². The summed E-state index contributed by atoms with van der Waals surface area (Å²) < 4.78 is 14.0. The number of carbonyl (C=O) groups excluding carboxylic acids is 1. The quantitative estimate of drug-likeness (QED) is 0.893. The average molecular weight is 317 g/mol. The van der Waals surface area contributed by atoms with Crippen molar-refractivity contribution >= 4 is 17.6 Å². The molecule has 0 aliphatic heterocycles. The lowest BCUT2D eigenvalue weighted by molar-refractivity contribution is -0.140. The number of aromatic carboxylic acids is 1. The third-order valence-corrected chi connectivity index (χ3v) is 5.98. The first-order valence-electron chi connectivity index (χ1n) is 8.29. The van der Waals surface area contributed by atoms with E-state index in [4.69, 9.17) is 5.11 Å². The molecular weight excluding hydrogens is 297 g/mol. The number of anilines is 1. The number of amides is 1. The van der Waals surface area contributed by atoms with Crippen molar-refractivity contribution in [1.82, 2.24) is 0 Å². The third kappa shape index (κ3) is 2.42. The van der Waals surface area contributed by atoms with Gasteiger partial charge in [0.1, 0.15) is 5.82 Å². The Morgan fingerprint density at radius 1 is 1.09 bits per heavy atom. The van der Waals surface area contributed by atoms with Crippen LogP contribution in [0.25, 0.3) is 0 Å². The maximum atomic E-state index is 14.0. The molecule has 5 rings (SSSR count). The molecule has 4 bridgehead atoms. The minimum Gasteiger partial charge on any atom is -0.478 e. The van der Waals surface area contributed by atoms with Gasteiger partial charge in [0.25, 0.3) is 0 Å². The summed E-state index contributed by atoms with van der Waals surface area (Å²) in [6, 6.07) is 3.51. The van der Waals surface area contributed by atoms with Crippen LogP contribution in [0.15, 0.2) is 18.2 Å². The Labute approximate surface area is 134 Å². The van der Waals surface area contributed by atoms with Crippen molar-refractivity contribution in [2.45, 2.75) is 38.5 Å². The van der Waals surface area contributed by atoms with Gasteiger partial charge in [-0.15, -0.1) is 0 Å². The zero-order valence-electron chi connectivity index (χ0n) is 12.8. The molecule has 122 valence electrons. The van der Waals surface area contributed by atoms with E-state index in [0.717, 1.165) is 25.3 Å². The van der Waals surface area contributed by atoms with Gasteiger partial charge >= 0.3 is 5.97 Å². The maximum Gasteiger partial charge on any atom is 0.335 e. The van der Waals surface area contributed by atoms with Crippen molar-refractivity contribution < 1.29 is 19.1 Å². The molecule has 0 spiro atoms. The first kappa shape index (κ1) is 14.7. The Kier molecular flexibility index (Phi) is 3.22. The molecule has 0 aromatic heterocycles. The van der Waals surface area contributed by atoms with Crippen molar-refractivity contribution in [3.8, 4) is 0 Å². The Hall–Kier alpha value is -1.91. The van der Waals surface area contributed by atoms with Gasteiger partial charge in [0.15, 0.2) is 0 Å². The standard InChI is InChI=1S/C18H20FNO3/c19-14-2-1-13(16(21)22)6-15(14)20-17(23)18-7-10-3-11(8-18)5-12(4-10)9-18/h1-2,6,10-12H,3-5,7-9H2,(H,20,23)(H,21,22). The van der Waals surface area contributed by atoms with E-state index in [9.17, 15) is 14.0 Å². The molecule has 4 saturated carbocycles. The molecule has 4 fully saturated rings. The van der Waals surface area contributed by atoms with Gasteiger partial charge in [-0.25, -0.2) is 9.18 Å². The zero-order valence-corrected chi connectivity index (χ0v) is 12.8. The van der Waals surface area contributed by atoms with Gasteiger partial charge in [0.05, 0.1) is 16.7 Å². The SMILES string of the molecule is O=C(O)c1ccc(F)c(NC(=O)C23CC4CC(CC(C4)C2)C3)c1. The van der Waals surface area contributed by atoms with Crippen LogP contribution < -0.4 is 5.32 Å². The van der Waals surface area contributed by atoms with E-state index < -0.39 is 11.8 Å². The van der Waals surface area contributed by atoms with Crippen LogP contribution >= 0.6 is 0 Å². The van der Waals surface area contributed by atoms with Crippen molar-refractivity contribution in [3.63, 3.8) is 0 Å². The van der Waals surface area contributed by atoms with Crippen LogP contribution in [0.3, 0.4) is 0 Å². The van der Waals surface area contributed by atoms with Crippen LogP contribution in [0.5, 0.6) is 0 Å². The summed E-state index contributed by atoms with van der Waals surface area (Å²) in [4.78, 5) is 23.9. The smallest absolute Gasteiger partial charge is 0.335 e. The summed E-state index contributed by atoms with van der Waals surface area (Å²) in [6.45, 7) is 0. The molecule has 0 heterocycles. The van der Waals surface area contributed by atoms with E-state index in [1.54, 1.807) is 0 Å². The van der Waals surface area contributed by atoms with Gasteiger partial charge in [-0.1, -0.05) is 0 Å². The molecule has 2 N–H and O–H groups in total. The molecule has 0 atom stereocenters. The summed E-state index contributed by atoms with van der Waals surface area (Å²) in [5.41, 5.74) is -0.418. The molecule has 4 aliphatic rings. The average Bonchev–Trinajstić information content (AvgIpc) is 2.47. The summed E-state index contributed by atoms with van der Waals surface area (Å²) in [5.74, 6) is 0.0352. The molecule has 1 aromatic carbocycles. The first-order chi connectivity index (χ1) is 10.9. The highest BCUT2D eigenvalue weighted by atomic mass is 19.1. The van der Waals surface area contributed by atoms with Crippen LogP contribution in [0, 0.1) is 29.0 Å². The zero-order chi connectivity index (χ0) is 16.2. The second kappa shape index (κ2) is 5.05. The van der Waals surface area contributed by atoms with Gasteiger partial charge in [-0.3, -0.25) is 4.79 Å². The summed E-state index contributed by atoms with van der Waals surface area (Å²) in [6.07, 6.45) is 6.38. The van der Waals surface area contributed by atoms with Gasteiger partial charge in [-0.2, -0.15) is 0 Å². The highest BCUT2D eigenvalue weighted by molar-refractivity contribution is 5.97. The van der Waals surface area contributed by atoms with E-state index in [-0.39, 0.29) is 22.6 Å². The van der Waals surface area contributed by atoms with E-state index in [1.165, 1.54) is 31.4 Å². The number of carboxylic acids is 1. The topological polar surface area (TPSA) is 66.4 Å². The largest absolute Gasteiger partial charge is 0.478 e. The summed E-state index contributed by atoms with van der Waals surface area (Å²) in [7, 11) is 0. The number of carboxylic acid groups (broad SMARTS) is 1.